The van der Waals surface area contributed by atoms with Gasteiger partial charge in [0.15, 0.2) is 11.5 Å². The molecule has 1 heterocycles. The lowest BCUT2D eigenvalue weighted by molar-refractivity contribution is -0.142. The van der Waals surface area contributed by atoms with Crippen LogP contribution >= 0.6 is 0 Å². The number of hydrogen-bond acceptors (Lipinski definition) is 4. The first kappa shape index (κ1) is 15.4. The Morgan fingerprint density at radius 3 is 2.57 bits per heavy atom. The smallest absolute Gasteiger partial charge is 0.310 e. The van der Waals surface area contributed by atoms with Crippen LogP contribution in [0.1, 0.15) is 17.5 Å². The number of carbonyl (C=O) groups excluding carboxylic acids is 1. The highest BCUT2D eigenvalue weighted by Gasteiger charge is 2.13. The van der Waals surface area contributed by atoms with Crippen molar-refractivity contribution >= 4 is 5.97 Å². The Hall–Kier alpha value is -2.49. The zero-order chi connectivity index (χ0) is 15.9. The number of ether oxygens (including phenoxy) is 3. The summed E-state index contributed by atoms with van der Waals surface area (Å²) in [4.78, 5) is 11.9. The van der Waals surface area contributed by atoms with Gasteiger partial charge < -0.3 is 14.2 Å². The van der Waals surface area contributed by atoms with E-state index in [1.165, 1.54) is 5.56 Å². The molecule has 4 heteroatoms. The molecule has 3 rings (SSSR count). The first-order valence-electron chi connectivity index (χ1n) is 7.89. The number of carbonyl (C=O) groups is 1. The molecule has 2 aromatic carbocycles. The maximum atomic E-state index is 11.9. The SMILES string of the molecule is O=C(Cc1ccc2c(c1)OCCO2)OCCCc1ccccc1. The Morgan fingerprint density at radius 2 is 1.74 bits per heavy atom. The number of esters is 1. The van der Waals surface area contributed by atoms with Crippen LogP contribution in [0, 0.1) is 0 Å². The van der Waals surface area contributed by atoms with E-state index < -0.39 is 0 Å². The summed E-state index contributed by atoms with van der Waals surface area (Å²) in [7, 11) is 0. The molecule has 0 aliphatic carbocycles. The molecule has 0 unspecified atom stereocenters. The first-order valence-corrected chi connectivity index (χ1v) is 7.89. The second kappa shape index (κ2) is 7.68. The van der Waals surface area contributed by atoms with Gasteiger partial charge in [-0.3, -0.25) is 4.79 Å². The molecule has 0 radical (unpaired) electrons. The van der Waals surface area contributed by atoms with Crippen LogP contribution in [-0.2, 0) is 22.4 Å². The Labute approximate surface area is 136 Å². The molecule has 1 aliphatic rings. The van der Waals surface area contributed by atoms with E-state index in [-0.39, 0.29) is 12.4 Å². The summed E-state index contributed by atoms with van der Waals surface area (Å²) < 4.78 is 16.3. The molecule has 0 atom stereocenters. The summed E-state index contributed by atoms with van der Waals surface area (Å²) in [5, 5.41) is 0. The van der Waals surface area contributed by atoms with Gasteiger partial charge in [-0.05, 0) is 36.1 Å². The molecule has 0 amide bonds. The van der Waals surface area contributed by atoms with E-state index in [4.69, 9.17) is 14.2 Å². The first-order chi connectivity index (χ1) is 11.3. The van der Waals surface area contributed by atoms with Gasteiger partial charge in [0, 0.05) is 0 Å². The minimum atomic E-state index is -0.213. The molecule has 0 spiro atoms. The number of hydrogen-bond donors (Lipinski definition) is 0. The topological polar surface area (TPSA) is 44.8 Å². The lowest BCUT2D eigenvalue weighted by Crippen LogP contribution is -2.16. The van der Waals surface area contributed by atoms with Crippen molar-refractivity contribution in [3.63, 3.8) is 0 Å². The van der Waals surface area contributed by atoms with Crippen molar-refractivity contribution in [2.75, 3.05) is 19.8 Å². The van der Waals surface area contributed by atoms with E-state index in [2.05, 4.69) is 12.1 Å². The number of rotatable bonds is 6. The van der Waals surface area contributed by atoms with Crippen LogP contribution in [0.4, 0.5) is 0 Å². The average molecular weight is 312 g/mol. The quantitative estimate of drug-likeness (QED) is 0.607. The van der Waals surface area contributed by atoms with E-state index in [1.54, 1.807) is 0 Å². The molecular weight excluding hydrogens is 292 g/mol. The maximum absolute atomic E-state index is 11.9. The minimum Gasteiger partial charge on any atom is -0.486 e. The van der Waals surface area contributed by atoms with E-state index in [0.717, 1.165) is 24.2 Å². The van der Waals surface area contributed by atoms with Crippen molar-refractivity contribution < 1.29 is 19.0 Å². The lowest BCUT2D eigenvalue weighted by Gasteiger charge is -2.18. The van der Waals surface area contributed by atoms with Crippen molar-refractivity contribution in [3.8, 4) is 11.5 Å². The monoisotopic (exact) mass is 312 g/mol. The van der Waals surface area contributed by atoms with E-state index in [1.807, 2.05) is 36.4 Å². The van der Waals surface area contributed by atoms with Gasteiger partial charge in [0.25, 0.3) is 0 Å². The molecule has 4 nitrogen and oxygen atoms in total. The van der Waals surface area contributed by atoms with Gasteiger partial charge in [-0.15, -0.1) is 0 Å². The van der Waals surface area contributed by atoms with Crippen LogP contribution in [0.25, 0.3) is 0 Å². The lowest BCUT2D eigenvalue weighted by atomic mass is 10.1. The normalized spacial score (nSPS) is 12.7. The molecule has 0 saturated heterocycles. The van der Waals surface area contributed by atoms with Crippen molar-refractivity contribution in [2.45, 2.75) is 19.3 Å². The van der Waals surface area contributed by atoms with Crippen molar-refractivity contribution in [3.05, 3.63) is 59.7 Å². The molecular formula is C19H20O4. The molecule has 2 aromatic rings. The summed E-state index contributed by atoms with van der Waals surface area (Å²) in [5.41, 5.74) is 2.14. The molecule has 0 saturated carbocycles. The Kier molecular flexibility index (Phi) is 5.14. The molecule has 23 heavy (non-hydrogen) atoms. The van der Waals surface area contributed by atoms with Gasteiger partial charge >= 0.3 is 5.97 Å². The van der Waals surface area contributed by atoms with Gasteiger partial charge in [0.05, 0.1) is 13.0 Å². The van der Waals surface area contributed by atoms with E-state index in [0.29, 0.717) is 25.6 Å². The summed E-state index contributed by atoms with van der Waals surface area (Å²) >= 11 is 0. The second-order valence-electron chi connectivity index (χ2n) is 5.46. The summed E-state index contributed by atoms with van der Waals surface area (Å²) in [5.74, 6) is 1.22. The van der Waals surface area contributed by atoms with Crippen molar-refractivity contribution in [1.82, 2.24) is 0 Å². The number of benzene rings is 2. The highest BCUT2D eigenvalue weighted by atomic mass is 16.6. The summed E-state index contributed by atoms with van der Waals surface area (Å²) in [6, 6.07) is 15.8. The maximum Gasteiger partial charge on any atom is 0.310 e. The average Bonchev–Trinajstić information content (AvgIpc) is 2.59. The van der Waals surface area contributed by atoms with Crippen molar-refractivity contribution in [1.29, 1.82) is 0 Å². The third-order valence-corrected chi connectivity index (χ3v) is 3.67. The van der Waals surface area contributed by atoms with Gasteiger partial charge in [-0.1, -0.05) is 36.4 Å². The summed E-state index contributed by atoms with van der Waals surface area (Å²) in [6.07, 6.45) is 2.00. The molecule has 0 aromatic heterocycles. The number of fused-ring (bicyclic) bond motifs is 1. The van der Waals surface area contributed by atoms with E-state index >= 15 is 0 Å². The Bertz CT molecular complexity index is 652. The highest BCUT2D eigenvalue weighted by molar-refractivity contribution is 5.73. The fourth-order valence-corrected chi connectivity index (χ4v) is 2.52. The van der Waals surface area contributed by atoms with Gasteiger partial charge in [0.1, 0.15) is 13.2 Å². The van der Waals surface area contributed by atoms with Gasteiger partial charge in [0.2, 0.25) is 0 Å². The largest absolute Gasteiger partial charge is 0.486 e. The summed E-state index contributed by atoms with van der Waals surface area (Å²) in [6.45, 7) is 1.55. The third-order valence-electron chi connectivity index (χ3n) is 3.67. The molecule has 120 valence electrons. The standard InChI is InChI=1S/C19H20O4/c20-19(23-10-4-7-15-5-2-1-3-6-15)14-16-8-9-17-18(13-16)22-12-11-21-17/h1-3,5-6,8-9,13H,4,7,10-12,14H2. The van der Waals surface area contributed by atoms with Gasteiger partial charge in [-0.25, -0.2) is 0 Å². The van der Waals surface area contributed by atoms with Crippen LogP contribution in [0.15, 0.2) is 48.5 Å². The van der Waals surface area contributed by atoms with Crippen LogP contribution in [0.2, 0.25) is 0 Å². The molecule has 0 fully saturated rings. The molecule has 0 N–H and O–H groups in total. The van der Waals surface area contributed by atoms with Crippen LogP contribution in [0.5, 0.6) is 11.5 Å². The zero-order valence-electron chi connectivity index (χ0n) is 13.0. The zero-order valence-corrected chi connectivity index (χ0v) is 13.0. The molecule has 1 aliphatic heterocycles. The fraction of sp³-hybridized carbons (Fsp3) is 0.316. The third kappa shape index (κ3) is 4.49. The van der Waals surface area contributed by atoms with Crippen molar-refractivity contribution in [2.24, 2.45) is 0 Å². The number of aryl methyl sites for hydroxylation is 1. The van der Waals surface area contributed by atoms with Crippen LogP contribution in [0.3, 0.4) is 0 Å². The Morgan fingerprint density at radius 1 is 0.957 bits per heavy atom. The highest BCUT2D eigenvalue weighted by Crippen LogP contribution is 2.30. The minimum absolute atomic E-state index is 0.213. The van der Waals surface area contributed by atoms with Gasteiger partial charge in [-0.2, -0.15) is 0 Å². The fourth-order valence-electron chi connectivity index (χ4n) is 2.52. The van der Waals surface area contributed by atoms with E-state index in [9.17, 15) is 4.79 Å². The van der Waals surface area contributed by atoms with Crippen LogP contribution < -0.4 is 9.47 Å². The predicted molar refractivity (Wildman–Crippen MR) is 86.9 cm³/mol. The van der Waals surface area contributed by atoms with Crippen LogP contribution in [-0.4, -0.2) is 25.8 Å². The molecule has 0 bridgehead atoms. The Balaban J connectivity index is 1.42. The predicted octanol–water partition coefficient (Wildman–Crippen LogP) is 3.18. The second-order valence-corrected chi connectivity index (χ2v) is 5.46.